The molecule has 28 nitrogen and oxygen atoms in total. The van der Waals surface area contributed by atoms with Crippen LogP contribution in [0, 0.1) is 17.8 Å². The molecule has 6 saturated heterocycles. The first-order chi connectivity index (χ1) is 45.1. The van der Waals surface area contributed by atoms with Gasteiger partial charge in [0.2, 0.25) is 11.7 Å². The van der Waals surface area contributed by atoms with Crippen LogP contribution in [-0.2, 0) is 86.2 Å². The fourth-order valence-electron chi connectivity index (χ4n) is 13.7. The molecule has 0 radical (unpaired) electrons. The highest BCUT2D eigenvalue weighted by Crippen LogP contribution is 2.48. The van der Waals surface area contributed by atoms with Gasteiger partial charge < -0.3 is 83.7 Å². The van der Waals surface area contributed by atoms with Crippen molar-refractivity contribution in [1.29, 1.82) is 0 Å². The minimum absolute atomic E-state index is 0.0130. The average molecular weight is 1410 g/mol. The Kier molecular flexibility index (Phi) is 29.0. The largest absolute Gasteiger partial charge is 0.465 e. The Morgan fingerprint density at radius 3 is 2.32 bits per heavy atom. The van der Waals surface area contributed by atoms with E-state index in [-0.39, 0.29) is 69.4 Å². The highest BCUT2D eigenvalue weighted by molar-refractivity contribution is 7.81. The Bertz CT molecular complexity index is 2980. The number of hydrogen-bond acceptors (Lipinski definition) is 25. The van der Waals surface area contributed by atoms with E-state index >= 15 is 0 Å². The molecule has 7 rings (SSSR count). The second-order valence-electron chi connectivity index (χ2n) is 27.3. The van der Waals surface area contributed by atoms with Crippen LogP contribution in [0.25, 0.3) is 0 Å². The molecule has 0 aromatic rings. The zero-order valence-electron chi connectivity index (χ0n) is 55.8. The Morgan fingerprint density at radius 1 is 0.865 bits per heavy atom. The van der Waals surface area contributed by atoms with Crippen molar-refractivity contribution >= 4 is 38.6 Å². The van der Waals surface area contributed by atoms with Gasteiger partial charge in [-0.25, -0.2) is 13.2 Å². The van der Waals surface area contributed by atoms with Crippen LogP contribution in [-0.4, -0.2) is 221 Å². The second kappa shape index (κ2) is 35.1. The SMILES string of the molecule is C=C1C(O)C2OC3(CCC(C=CC(C)C4CC(C)=CC5(OC(CC(C)(O)C(=O)OCC(C)=CC=CCCOC(=O)CC=CCCC(=O)NCC(O)CC(O)C(OS(=O)(=O)O)C(O)COS(=O)(=O)O)CCC5O)O4)O3)CCC2OC1C(O)CC(C)C1OC2(CCCCO2)CCC1C. The summed E-state index contributed by atoms with van der Waals surface area (Å²) in [6.45, 7) is 14.5. The number of rotatable bonds is 32. The van der Waals surface area contributed by atoms with E-state index in [4.69, 9.17) is 51.7 Å². The van der Waals surface area contributed by atoms with Crippen LogP contribution < -0.4 is 5.32 Å². The van der Waals surface area contributed by atoms with Crippen molar-refractivity contribution in [2.24, 2.45) is 17.8 Å². The van der Waals surface area contributed by atoms with Crippen molar-refractivity contribution in [3.05, 3.63) is 71.9 Å². The zero-order valence-corrected chi connectivity index (χ0v) is 57.4. The summed E-state index contributed by atoms with van der Waals surface area (Å²) in [5.41, 5.74) is 0.0337. The molecule has 10 N–H and O–H groups in total. The number of aliphatic hydroxyl groups is 7. The van der Waals surface area contributed by atoms with Crippen LogP contribution >= 0.6 is 0 Å². The van der Waals surface area contributed by atoms with Gasteiger partial charge in [0.15, 0.2) is 17.2 Å². The van der Waals surface area contributed by atoms with Crippen LogP contribution in [0.1, 0.15) is 164 Å². The minimum Gasteiger partial charge on any atom is -0.465 e. The number of aliphatic hydroxyl groups excluding tert-OH is 6. The van der Waals surface area contributed by atoms with Crippen molar-refractivity contribution < 1.29 is 127 Å². The Labute approximate surface area is 563 Å². The van der Waals surface area contributed by atoms with Crippen LogP contribution in [0.3, 0.4) is 0 Å². The fraction of sp³-hybridized carbons (Fsp3) is 0.773. The van der Waals surface area contributed by atoms with Crippen molar-refractivity contribution in [1.82, 2.24) is 5.32 Å². The van der Waals surface area contributed by atoms with E-state index < -0.39 is 154 Å². The van der Waals surface area contributed by atoms with Gasteiger partial charge >= 0.3 is 32.7 Å². The van der Waals surface area contributed by atoms with E-state index in [0.717, 1.165) is 37.7 Å². The van der Waals surface area contributed by atoms with E-state index in [1.54, 1.807) is 37.3 Å². The van der Waals surface area contributed by atoms with Gasteiger partial charge in [-0.3, -0.25) is 18.7 Å². The van der Waals surface area contributed by atoms with Gasteiger partial charge in [0.25, 0.3) is 0 Å². The smallest absolute Gasteiger partial charge is 0.397 e. The minimum atomic E-state index is -5.30. The lowest BCUT2D eigenvalue weighted by molar-refractivity contribution is -0.321. The lowest BCUT2D eigenvalue weighted by Gasteiger charge is -2.50. The second-order valence-corrected chi connectivity index (χ2v) is 29.5. The molecule has 6 fully saturated rings. The van der Waals surface area contributed by atoms with Gasteiger partial charge in [-0.2, -0.15) is 16.8 Å². The maximum atomic E-state index is 13.3. The number of esters is 2. The predicted octanol–water partition coefficient (Wildman–Crippen LogP) is 4.43. The van der Waals surface area contributed by atoms with Crippen molar-refractivity contribution in [3.63, 3.8) is 0 Å². The Balaban J connectivity index is 0.770. The molecule has 7 heterocycles. The zero-order chi connectivity index (χ0) is 70.4. The van der Waals surface area contributed by atoms with Crippen LogP contribution in [0.15, 0.2) is 71.9 Å². The summed E-state index contributed by atoms with van der Waals surface area (Å²) < 4.78 is 126. The molecule has 3 spiro atoms. The predicted molar refractivity (Wildman–Crippen MR) is 342 cm³/mol. The van der Waals surface area contributed by atoms with Gasteiger partial charge in [0.1, 0.15) is 43.2 Å². The van der Waals surface area contributed by atoms with E-state index in [2.05, 4.69) is 34.1 Å². The van der Waals surface area contributed by atoms with Gasteiger partial charge in [-0.1, -0.05) is 75.5 Å². The molecule has 0 aromatic carbocycles. The summed E-state index contributed by atoms with van der Waals surface area (Å²) >= 11 is 0. The number of fused-ring (bicyclic) bond motifs is 1. The lowest BCUT2D eigenvalue weighted by atomic mass is 9.79. The average Bonchev–Trinajstić information content (AvgIpc) is 1.28. The molecule has 546 valence electrons. The molecule has 30 heteroatoms. The quantitative estimate of drug-likeness (QED) is 0.0146. The number of ether oxygens (including phenoxy) is 9. The summed E-state index contributed by atoms with van der Waals surface area (Å²) in [4.78, 5) is 37.8. The first kappa shape index (κ1) is 79.4. The number of hydrogen-bond donors (Lipinski definition) is 10. The Morgan fingerprint density at radius 2 is 1.60 bits per heavy atom. The molecule has 21 unspecified atom stereocenters. The van der Waals surface area contributed by atoms with E-state index in [1.165, 1.54) is 13.0 Å². The normalized spacial score (nSPS) is 33.7. The van der Waals surface area contributed by atoms with Crippen molar-refractivity contribution in [2.45, 2.75) is 272 Å². The van der Waals surface area contributed by atoms with Crippen LogP contribution in [0.5, 0.6) is 0 Å². The molecule has 96 heavy (non-hydrogen) atoms. The van der Waals surface area contributed by atoms with Gasteiger partial charge in [0.05, 0.1) is 75.1 Å². The standard InChI is InChI=1S/C66H103NO27S2/c1-40(16-10-9-14-30-84-56(74)18-12-8-11-17-55(73)67-37-46(68)34-50(70)60(94-96(81,82)83)51(71)39-87-95(78,79)80)38-85-62(76)63(7,77)36-48-21-22-54(72)66(90-48)35-41(2)32-53(91-66)42(3)19-20-47-24-28-65(89-47)29-25-52-61(93-65)57(75)45(6)59(88-52)49(69)33-44(5)58-43(4)23-27-64(92-58)26-13-15-31-86-64/h8-10,12,16,19-20,35,42-44,46-54,57-61,68-72,75,77H,6,11,13-15,17-18,21-34,36-39H2,1-5,7H3,(H,67,73)(H,78,79,80)(H,81,82,83). The third-order valence-corrected chi connectivity index (χ3v) is 19.8. The number of allylic oxidation sites excluding steroid dienone is 3. The van der Waals surface area contributed by atoms with E-state index in [9.17, 15) is 67.0 Å². The molecule has 21 atom stereocenters. The van der Waals surface area contributed by atoms with Gasteiger partial charge in [-0.15, -0.1) is 0 Å². The maximum absolute atomic E-state index is 13.3. The molecule has 1 amide bonds. The first-order valence-electron chi connectivity index (χ1n) is 33.5. The molecule has 7 aliphatic heterocycles. The summed E-state index contributed by atoms with van der Waals surface area (Å²) in [7, 11) is -10.4. The monoisotopic (exact) mass is 1410 g/mol. The molecular weight excluding hydrogens is 1300 g/mol. The highest BCUT2D eigenvalue weighted by Gasteiger charge is 2.55. The number of carbonyl (C=O) groups excluding carboxylic acids is 3. The summed E-state index contributed by atoms with van der Waals surface area (Å²) in [6, 6.07) is 0. The first-order valence-corrected chi connectivity index (χ1v) is 36.2. The number of nitrogens with one attached hydrogen (secondary N) is 1. The molecule has 0 bridgehead atoms. The summed E-state index contributed by atoms with van der Waals surface area (Å²) in [5, 5.41) is 79.1. The summed E-state index contributed by atoms with van der Waals surface area (Å²) in [6.07, 6.45) is 7.99. The topological polar surface area (TPSA) is 415 Å². The van der Waals surface area contributed by atoms with Crippen LogP contribution in [0.4, 0.5) is 0 Å². The molecular formula is C66H103NO27S2. The lowest BCUT2D eigenvalue weighted by Crippen LogP contribution is -2.60. The van der Waals surface area contributed by atoms with Gasteiger partial charge in [-0.05, 0) is 120 Å². The third kappa shape index (κ3) is 23.3. The number of amides is 1. The Hall–Kier alpha value is -3.97. The molecule has 0 aliphatic carbocycles. The van der Waals surface area contributed by atoms with E-state index in [1.807, 2.05) is 26.0 Å². The molecule has 7 aliphatic rings. The number of carbonyl (C=O) groups is 3. The molecule has 0 saturated carbocycles. The molecule has 0 aromatic heterocycles. The van der Waals surface area contributed by atoms with Crippen molar-refractivity contribution in [3.8, 4) is 0 Å². The third-order valence-electron chi connectivity index (χ3n) is 18.9. The van der Waals surface area contributed by atoms with Gasteiger partial charge in [0, 0.05) is 57.4 Å². The van der Waals surface area contributed by atoms with Crippen LogP contribution in [0.2, 0.25) is 0 Å². The van der Waals surface area contributed by atoms with Crippen molar-refractivity contribution in [2.75, 3.05) is 33.0 Å². The maximum Gasteiger partial charge on any atom is 0.397 e. The fourth-order valence-corrected chi connectivity index (χ4v) is 14.5. The summed E-state index contributed by atoms with van der Waals surface area (Å²) in [5.74, 6) is -4.77. The highest BCUT2D eigenvalue weighted by atomic mass is 32.3. The van der Waals surface area contributed by atoms with E-state index in [0.29, 0.717) is 75.0 Å².